The summed E-state index contributed by atoms with van der Waals surface area (Å²) in [4.78, 5) is 24.7. The Bertz CT molecular complexity index is 833. The average molecular weight is 385 g/mol. The fourth-order valence-corrected chi connectivity index (χ4v) is 3.40. The second-order valence-electron chi connectivity index (χ2n) is 6.75. The largest absolute Gasteiger partial charge is 0.325 e. The minimum Gasteiger partial charge on any atom is -0.325 e. The van der Waals surface area contributed by atoms with E-state index in [2.05, 4.69) is 17.6 Å². The molecule has 144 valence electrons. The molecular weight excluding hydrogens is 356 g/mol. The van der Waals surface area contributed by atoms with E-state index < -0.39 is 0 Å². The molecule has 0 spiro atoms. The van der Waals surface area contributed by atoms with Gasteiger partial charge in [-0.25, -0.2) is 0 Å². The molecule has 4 nitrogen and oxygen atoms in total. The van der Waals surface area contributed by atoms with Gasteiger partial charge in [0.05, 0.1) is 11.0 Å². The van der Waals surface area contributed by atoms with Crippen LogP contribution in [0.3, 0.4) is 0 Å². The van der Waals surface area contributed by atoms with E-state index in [1.807, 2.05) is 64.1 Å². The van der Waals surface area contributed by atoms with Crippen LogP contribution >= 0.6 is 11.8 Å². The van der Waals surface area contributed by atoms with Gasteiger partial charge < -0.3 is 10.6 Å². The number of rotatable bonds is 7. The summed E-state index contributed by atoms with van der Waals surface area (Å²) in [6.45, 7) is 9.94. The molecule has 27 heavy (non-hydrogen) atoms. The lowest BCUT2D eigenvalue weighted by Crippen LogP contribution is -2.25. The van der Waals surface area contributed by atoms with Crippen molar-refractivity contribution in [1.29, 1.82) is 0 Å². The quantitative estimate of drug-likeness (QED) is 0.716. The van der Waals surface area contributed by atoms with E-state index in [0.29, 0.717) is 0 Å². The molecule has 0 aliphatic rings. The highest BCUT2D eigenvalue weighted by atomic mass is 32.2. The minimum atomic E-state index is -0.320. The fourth-order valence-electron chi connectivity index (χ4n) is 2.72. The van der Waals surface area contributed by atoms with Crippen LogP contribution in [0.5, 0.6) is 0 Å². The van der Waals surface area contributed by atoms with Gasteiger partial charge in [-0.3, -0.25) is 9.59 Å². The van der Waals surface area contributed by atoms with Crippen molar-refractivity contribution in [2.75, 3.05) is 16.4 Å². The molecule has 2 aromatic rings. The number of hydrogen-bond acceptors (Lipinski definition) is 3. The Labute approximate surface area is 166 Å². The number of thioether (sulfide) groups is 1. The van der Waals surface area contributed by atoms with Crippen LogP contribution in [0.1, 0.15) is 36.1 Å². The molecule has 0 fully saturated rings. The van der Waals surface area contributed by atoms with E-state index in [0.717, 1.165) is 34.5 Å². The first kappa shape index (κ1) is 21.0. The zero-order valence-electron chi connectivity index (χ0n) is 16.7. The molecule has 2 rings (SSSR count). The first-order valence-corrected chi connectivity index (χ1v) is 10.2. The molecule has 1 unspecified atom stereocenters. The number of hydrogen-bond donors (Lipinski definition) is 2. The Morgan fingerprint density at radius 3 is 2.41 bits per heavy atom. The normalized spacial score (nSPS) is 11.7. The maximum absolute atomic E-state index is 12.5. The molecule has 0 saturated heterocycles. The van der Waals surface area contributed by atoms with E-state index in [9.17, 15) is 9.59 Å². The molecule has 5 heteroatoms. The van der Waals surface area contributed by atoms with Crippen molar-refractivity contribution >= 4 is 35.0 Å². The third kappa shape index (κ3) is 5.86. The monoisotopic (exact) mass is 384 g/mol. The van der Waals surface area contributed by atoms with Gasteiger partial charge in [-0.2, -0.15) is 0 Å². The Balaban J connectivity index is 1.89. The molecule has 0 heterocycles. The van der Waals surface area contributed by atoms with Crippen molar-refractivity contribution < 1.29 is 9.59 Å². The predicted molar refractivity (Wildman–Crippen MR) is 116 cm³/mol. The molecule has 2 aromatic carbocycles. The minimum absolute atomic E-state index is 0.0806. The maximum Gasteiger partial charge on any atom is 0.237 e. The summed E-state index contributed by atoms with van der Waals surface area (Å²) in [5.74, 6) is 0.0478. The predicted octanol–water partition coefficient (Wildman–Crippen LogP) is 4.87. The fraction of sp³-hybridized carbons (Fsp3) is 0.364. The third-order valence-corrected chi connectivity index (χ3v) is 5.76. The first-order valence-electron chi connectivity index (χ1n) is 9.19. The third-order valence-electron chi connectivity index (χ3n) is 4.61. The Kier molecular flexibility index (Phi) is 7.48. The summed E-state index contributed by atoms with van der Waals surface area (Å²) in [6, 6.07) is 11.9. The highest BCUT2D eigenvalue weighted by Gasteiger charge is 2.17. The standard InChI is InChI=1S/C22H28N2O2S/c1-6-18-9-7-8-15(3)21(18)24-22(26)17(5)27-13-20(25)23-19-11-10-14(2)16(4)12-19/h7-12,17H,6,13H2,1-5H3,(H,23,25)(H,24,26). The van der Waals surface area contributed by atoms with Gasteiger partial charge in [0, 0.05) is 11.4 Å². The molecule has 1 atom stereocenters. The number of carbonyl (C=O) groups excluding carboxylic acids is 2. The summed E-state index contributed by atoms with van der Waals surface area (Å²) in [5, 5.41) is 5.60. The lowest BCUT2D eigenvalue weighted by molar-refractivity contribution is -0.115. The lowest BCUT2D eigenvalue weighted by atomic mass is 10.1. The van der Waals surface area contributed by atoms with Crippen LogP contribution in [0.25, 0.3) is 0 Å². The van der Waals surface area contributed by atoms with E-state index >= 15 is 0 Å². The molecule has 0 bridgehead atoms. The van der Waals surface area contributed by atoms with E-state index in [4.69, 9.17) is 0 Å². The Morgan fingerprint density at radius 1 is 1.00 bits per heavy atom. The van der Waals surface area contributed by atoms with Crippen molar-refractivity contribution in [1.82, 2.24) is 0 Å². The number of anilines is 2. The van der Waals surface area contributed by atoms with Gasteiger partial charge in [-0.15, -0.1) is 11.8 Å². The first-order chi connectivity index (χ1) is 12.8. The van der Waals surface area contributed by atoms with Crippen LogP contribution < -0.4 is 10.6 Å². The van der Waals surface area contributed by atoms with E-state index in [-0.39, 0.29) is 22.8 Å². The van der Waals surface area contributed by atoms with Crippen LogP contribution in [0, 0.1) is 20.8 Å². The molecule has 0 aromatic heterocycles. The Morgan fingerprint density at radius 2 is 1.74 bits per heavy atom. The van der Waals surface area contributed by atoms with Crippen LogP contribution in [-0.4, -0.2) is 22.8 Å². The van der Waals surface area contributed by atoms with Crippen molar-refractivity contribution in [2.24, 2.45) is 0 Å². The molecule has 0 radical (unpaired) electrons. The van der Waals surface area contributed by atoms with Crippen molar-refractivity contribution in [3.63, 3.8) is 0 Å². The summed E-state index contributed by atoms with van der Waals surface area (Å²) < 4.78 is 0. The number of carbonyl (C=O) groups is 2. The summed E-state index contributed by atoms with van der Waals surface area (Å²) in [5.41, 5.74) is 6.17. The SMILES string of the molecule is CCc1cccc(C)c1NC(=O)C(C)SCC(=O)Nc1ccc(C)c(C)c1. The van der Waals surface area contributed by atoms with Crippen LogP contribution in [0.4, 0.5) is 11.4 Å². The van der Waals surface area contributed by atoms with Gasteiger partial charge >= 0.3 is 0 Å². The molecular formula is C22H28N2O2S. The Hall–Kier alpha value is -2.27. The zero-order valence-corrected chi connectivity index (χ0v) is 17.5. The van der Waals surface area contributed by atoms with Crippen molar-refractivity contribution in [2.45, 2.75) is 46.3 Å². The highest BCUT2D eigenvalue weighted by molar-refractivity contribution is 8.01. The van der Waals surface area contributed by atoms with Gasteiger partial charge in [0.1, 0.15) is 0 Å². The smallest absolute Gasteiger partial charge is 0.237 e. The van der Waals surface area contributed by atoms with Crippen molar-refractivity contribution in [3.8, 4) is 0 Å². The van der Waals surface area contributed by atoms with Gasteiger partial charge in [-0.05, 0) is 68.5 Å². The second kappa shape index (κ2) is 9.60. The average Bonchev–Trinajstić information content (AvgIpc) is 2.64. The van der Waals surface area contributed by atoms with E-state index in [1.54, 1.807) is 0 Å². The molecule has 0 saturated carbocycles. The van der Waals surface area contributed by atoms with Gasteiger partial charge in [-0.1, -0.05) is 31.2 Å². The molecule has 2 N–H and O–H groups in total. The highest BCUT2D eigenvalue weighted by Crippen LogP contribution is 2.23. The number of benzene rings is 2. The number of aryl methyl sites for hydroxylation is 4. The van der Waals surface area contributed by atoms with Gasteiger partial charge in [0.25, 0.3) is 0 Å². The zero-order chi connectivity index (χ0) is 20.0. The van der Waals surface area contributed by atoms with E-state index in [1.165, 1.54) is 17.3 Å². The van der Waals surface area contributed by atoms with Crippen LogP contribution in [-0.2, 0) is 16.0 Å². The second-order valence-corrected chi connectivity index (χ2v) is 8.08. The topological polar surface area (TPSA) is 58.2 Å². The maximum atomic E-state index is 12.5. The number of nitrogens with one attached hydrogen (secondary N) is 2. The van der Waals surface area contributed by atoms with Crippen molar-refractivity contribution in [3.05, 3.63) is 58.7 Å². The summed E-state index contributed by atoms with van der Waals surface area (Å²) >= 11 is 1.33. The number of para-hydroxylation sites is 1. The van der Waals surface area contributed by atoms with Crippen LogP contribution in [0.2, 0.25) is 0 Å². The summed E-state index contributed by atoms with van der Waals surface area (Å²) in [7, 11) is 0. The van der Waals surface area contributed by atoms with Crippen LogP contribution in [0.15, 0.2) is 36.4 Å². The molecule has 2 amide bonds. The van der Waals surface area contributed by atoms with Gasteiger partial charge in [0.15, 0.2) is 0 Å². The summed E-state index contributed by atoms with van der Waals surface area (Å²) in [6.07, 6.45) is 0.858. The lowest BCUT2D eigenvalue weighted by Gasteiger charge is -2.16. The molecule has 0 aliphatic carbocycles. The molecule has 0 aliphatic heterocycles. The van der Waals surface area contributed by atoms with Gasteiger partial charge in [0.2, 0.25) is 11.8 Å². The number of amides is 2.